The molecule has 0 bridgehead atoms. The van der Waals surface area contributed by atoms with Crippen LogP contribution in [0.15, 0.2) is 47.8 Å². The van der Waals surface area contributed by atoms with Crippen LogP contribution in [0.5, 0.6) is 0 Å². The fourth-order valence-electron chi connectivity index (χ4n) is 3.08. The van der Waals surface area contributed by atoms with E-state index in [9.17, 15) is 0 Å². The summed E-state index contributed by atoms with van der Waals surface area (Å²) in [6, 6.07) is 12.0. The van der Waals surface area contributed by atoms with Crippen molar-refractivity contribution >= 4 is 5.84 Å². The molecular weight excluding hydrogens is 290 g/mol. The molecule has 114 valence electrons. The minimum Gasteiger partial charge on any atom is -0.409 e. The molecule has 23 heavy (non-hydrogen) atoms. The SMILES string of the molecule is NC(=NO)c1cc(-c2n[nH]c3c2CCc2ccccc2-3)ccn1. The van der Waals surface area contributed by atoms with E-state index in [-0.39, 0.29) is 5.84 Å². The molecule has 0 unspecified atom stereocenters. The van der Waals surface area contributed by atoms with Crippen molar-refractivity contribution < 1.29 is 5.21 Å². The summed E-state index contributed by atoms with van der Waals surface area (Å²) in [7, 11) is 0. The Balaban J connectivity index is 1.83. The van der Waals surface area contributed by atoms with Gasteiger partial charge in [-0.05, 0) is 30.5 Å². The van der Waals surface area contributed by atoms with Gasteiger partial charge in [0.05, 0.1) is 11.4 Å². The number of amidine groups is 1. The van der Waals surface area contributed by atoms with Gasteiger partial charge >= 0.3 is 0 Å². The van der Waals surface area contributed by atoms with Gasteiger partial charge in [0.2, 0.25) is 0 Å². The maximum Gasteiger partial charge on any atom is 0.188 e. The van der Waals surface area contributed by atoms with Gasteiger partial charge in [-0.25, -0.2) is 0 Å². The van der Waals surface area contributed by atoms with Gasteiger partial charge in [-0.15, -0.1) is 0 Å². The molecule has 0 atom stereocenters. The number of nitrogens with one attached hydrogen (secondary N) is 1. The van der Waals surface area contributed by atoms with Crippen molar-refractivity contribution in [1.82, 2.24) is 15.2 Å². The van der Waals surface area contributed by atoms with Crippen molar-refractivity contribution in [2.24, 2.45) is 10.9 Å². The average Bonchev–Trinajstić information content (AvgIpc) is 3.05. The molecular formula is C17H15N5O. The van der Waals surface area contributed by atoms with Crippen LogP contribution in [0.2, 0.25) is 0 Å². The minimum absolute atomic E-state index is 0.0124. The Labute approximate surface area is 132 Å². The molecule has 6 heteroatoms. The van der Waals surface area contributed by atoms with E-state index in [0.717, 1.165) is 29.8 Å². The molecule has 2 aromatic heterocycles. The van der Waals surface area contributed by atoms with Crippen LogP contribution in [0, 0.1) is 0 Å². The predicted molar refractivity (Wildman–Crippen MR) is 87.2 cm³/mol. The number of aryl methyl sites for hydroxylation is 1. The second kappa shape index (κ2) is 5.24. The summed E-state index contributed by atoms with van der Waals surface area (Å²) >= 11 is 0. The standard InChI is InChI=1S/C17H15N5O/c18-17(22-23)14-9-11(7-8-19-14)15-13-6-5-10-3-1-2-4-12(10)16(13)21-20-15/h1-4,7-9,23H,5-6H2,(H2,18,22)(H,20,21). The molecule has 3 aromatic rings. The number of nitrogens with zero attached hydrogens (tertiary/aromatic N) is 3. The molecule has 2 heterocycles. The third kappa shape index (κ3) is 2.15. The molecule has 0 spiro atoms. The smallest absolute Gasteiger partial charge is 0.188 e. The number of pyridine rings is 1. The van der Waals surface area contributed by atoms with Crippen molar-refractivity contribution in [3.8, 4) is 22.5 Å². The van der Waals surface area contributed by atoms with Gasteiger partial charge in [0.1, 0.15) is 5.69 Å². The van der Waals surface area contributed by atoms with Gasteiger partial charge < -0.3 is 10.9 Å². The van der Waals surface area contributed by atoms with E-state index >= 15 is 0 Å². The third-order valence-electron chi connectivity index (χ3n) is 4.20. The second-order valence-electron chi connectivity index (χ2n) is 5.50. The quantitative estimate of drug-likeness (QED) is 0.293. The van der Waals surface area contributed by atoms with Crippen LogP contribution < -0.4 is 5.73 Å². The van der Waals surface area contributed by atoms with E-state index in [1.807, 2.05) is 12.1 Å². The number of aromatic nitrogens is 3. The molecule has 0 aliphatic heterocycles. The zero-order chi connectivity index (χ0) is 15.8. The summed E-state index contributed by atoms with van der Waals surface area (Å²) < 4.78 is 0. The van der Waals surface area contributed by atoms with Crippen LogP contribution in [-0.2, 0) is 12.8 Å². The Hall–Kier alpha value is -3.15. The van der Waals surface area contributed by atoms with E-state index < -0.39 is 0 Å². The van der Waals surface area contributed by atoms with Gasteiger partial charge in [0, 0.05) is 22.9 Å². The molecule has 6 nitrogen and oxygen atoms in total. The maximum atomic E-state index is 8.81. The van der Waals surface area contributed by atoms with Gasteiger partial charge in [-0.1, -0.05) is 29.4 Å². The number of fused-ring (bicyclic) bond motifs is 3. The molecule has 0 fully saturated rings. The number of benzene rings is 1. The minimum atomic E-state index is -0.0124. The van der Waals surface area contributed by atoms with Crippen LogP contribution in [0.3, 0.4) is 0 Å². The molecule has 0 amide bonds. The van der Waals surface area contributed by atoms with Crippen molar-refractivity contribution in [2.75, 3.05) is 0 Å². The second-order valence-corrected chi connectivity index (χ2v) is 5.50. The van der Waals surface area contributed by atoms with E-state index in [1.54, 1.807) is 12.3 Å². The highest BCUT2D eigenvalue weighted by Gasteiger charge is 2.22. The van der Waals surface area contributed by atoms with E-state index in [0.29, 0.717) is 5.69 Å². The first-order valence-electron chi connectivity index (χ1n) is 7.38. The zero-order valence-corrected chi connectivity index (χ0v) is 12.3. The highest BCUT2D eigenvalue weighted by atomic mass is 16.4. The van der Waals surface area contributed by atoms with E-state index in [1.165, 1.54) is 16.7 Å². The largest absolute Gasteiger partial charge is 0.409 e. The third-order valence-corrected chi connectivity index (χ3v) is 4.20. The lowest BCUT2D eigenvalue weighted by molar-refractivity contribution is 0.318. The Morgan fingerprint density at radius 1 is 1.22 bits per heavy atom. The van der Waals surface area contributed by atoms with E-state index in [2.05, 4.69) is 38.5 Å². The summed E-state index contributed by atoms with van der Waals surface area (Å²) in [5.74, 6) is -0.0124. The normalized spacial score (nSPS) is 13.5. The summed E-state index contributed by atoms with van der Waals surface area (Å²) in [4.78, 5) is 4.11. The monoisotopic (exact) mass is 305 g/mol. The number of hydrogen-bond acceptors (Lipinski definition) is 4. The molecule has 0 saturated carbocycles. The van der Waals surface area contributed by atoms with E-state index in [4.69, 9.17) is 10.9 Å². The summed E-state index contributed by atoms with van der Waals surface area (Å²) in [6.07, 6.45) is 3.56. The summed E-state index contributed by atoms with van der Waals surface area (Å²) in [5, 5.41) is 19.5. The lowest BCUT2D eigenvalue weighted by Gasteiger charge is -2.16. The lowest BCUT2D eigenvalue weighted by Crippen LogP contribution is -2.14. The Morgan fingerprint density at radius 2 is 2.09 bits per heavy atom. The Bertz CT molecular complexity index is 913. The zero-order valence-electron chi connectivity index (χ0n) is 12.3. The van der Waals surface area contributed by atoms with Crippen molar-refractivity contribution in [3.05, 3.63) is 59.4 Å². The Morgan fingerprint density at radius 3 is 2.96 bits per heavy atom. The number of rotatable bonds is 2. The molecule has 0 saturated heterocycles. The predicted octanol–water partition coefficient (Wildman–Crippen LogP) is 2.33. The van der Waals surface area contributed by atoms with Gasteiger partial charge in [-0.3, -0.25) is 10.1 Å². The Kier molecular flexibility index (Phi) is 3.08. The summed E-state index contributed by atoms with van der Waals surface area (Å²) in [6.45, 7) is 0. The highest BCUT2D eigenvalue weighted by Crippen LogP contribution is 2.36. The van der Waals surface area contributed by atoms with Gasteiger partial charge in [0.25, 0.3) is 0 Å². The van der Waals surface area contributed by atoms with Crippen LogP contribution >= 0.6 is 0 Å². The van der Waals surface area contributed by atoms with Crippen LogP contribution in [0.25, 0.3) is 22.5 Å². The molecule has 4 N–H and O–H groups in total. The average molecular weight is 305 g/mol. The first-order chi connectivity index (χ1) is 11.3. The van der Waals surface area contributed by atoms with Crippen molar-refractivity contribution in [3.63, 3.8) is 0 Å². The molecule has 1 aliphatic rings. The number of hydrogen-bond donors (Lipinski definition) is 3. The van der Waals surface area contributed by atoms with Crippen LogP contribution in [0.1, 0.15) is 16.8 Å². The van der Waals surface area contributed by atoms with Crippen molar-refractivity contribution in [2.45, 2.75) is 12.8 Å². The molecule has 4 rings (SSSR count). The number of nitrogens with two attached hydrogens (primary N) is 1. The first-order valence-corrected chi connectivity index (χ1v) is 7.38. The first kappa shape index (κ1) is 13.5. The van der Waals surface area contributed by atoms with Crippen LogP contribution in [0.4, 0.5) is 0 Å². The maximum absolute atomic E-state index is 8.81. The lowest BCUT2D eigenvalue weighted by atomic mass is 9.88. The number of oxime groups is 1. The highest BCUT2D eigenvalue weighted by molar-refractivity contribution is 5.96. The fraction of sp³-hybridized carbons (Fsp3) is 0.118. The number of aromatic amines is 1. The number of H-pyrrole nitrogens is 1. The van der Waals surface area contributed by atoms with Gasteiger partial charge in [0.15, 0.2) is 5.84 Å². The fourth-order valence-corrected chi connectivity index (χ4v) is 3.08. The van der Waals surface area contributed by atoms with Crippen molar-refractivity contribution in [1.29, 1.82) is 0 Å². The van der Waals surface area contributed by atoms with Crippen LogP contribution in [-0.4, -0.2) is 26.2 Å². The molecule has 0 radical (unpaired) electrons. The molecule has 1 aromatic carbocycles. The topological polar surface area (TPSA) is 100 Å². The summed E-state index contributed by atoms with van der Waals surface area (Å²) in [5.41, 5.74) is 12.7. The van der Waals surface area contributed by atoms with Gasteiger partial charge in [-0.2, -0.15) is 5.10 Å². The molecule has 1 aliphatic carbocycles.